The highest BCUT2D eigenvalue weighted by molar-refractivity contribution is 9.15. The van der Waals surface area contributed by atoms with Crippen molar-refractivity contribution in [2.24, 2.45) is 0 Å². The van der Waals surface area contributed by atoms with Crippen LogP contribution in [0.4, 0.5) is 0 Å². The molecule has 0 spiro atoms. The average Bonchev–Trinajstić information content (AvgIpc) is 2.04. The number of allylic oxidation sites excluding steroid dienone is 1. The zero-order valence-electron chi connectivity index (χ0n) is 6.38. The Morgan fingerprint density at radius 1 is 1.25 bits per heavy atom. The number of halogens is 1. The number of rotatable bonds is 0. The number of benzene rings is 1. The number of para-hydroxylation sites is 1. The van der Waals surface area contributed by atoms with Crippen LogP contribution in [0.5, 0.6) is 5.75 Å². The third-order valence-corrected chi connectivity index (χ3v) is 2.33. The minimum Gasteiger partial charge on any atom is -0.457 e. The van der Waals surface area contributed by atoms with Crippen LogP contribution in [0, 0.1) is 0 Å². The van der Waals surface area contributed by atoms with Crippen molar-refractivity contribution in [3.8, 4) is 5.75 Å². The van der Waals surface area contributed by atoms with E-state index in [9.17, 15) is 0 Å². The molecule has 1 aromatic rings. The molecule has 2 rings (SSSR count). The Morgan fingerprint density at radius 3 is 2.83 bits per heavy atom. The summed E-state index contributed by atoms with van der Waals surface area (Å²) >= 11 is 3.45. The molecule has 0 atom stereocenters. The molecule has 1 aromatic carbocycles. The Balaban J connectivity index is 2.60. The summed E-state index contributed by atoms with van der Waals surface area (Å²) in [6, 6.07) is 7.85. The SMILES string of the molecule is C=C1C=C(Br)c2ccccc2O1. The largest absolute Gasteiger partial charge is 0.457 e. The topological polar surface area (TPSA) is 9.23 Å². The summed E-state index contributed by atoms with van der Waals surface area (Å²) in [7, 11) is 0. The maximum absolute atomic E-state index is 5.40. The van der Waals surface area contributed by atoms with E-state index in [4.69, 9.17) is 4.74 Å². The van der Waals surface area contributed by atoms with Gasteiger partial charge in [-0.3, -0.25) is 0 Å². The fraction of sp³-hybridized carbons (Fsp3) is 0. The Morgan fingerprint density at radius 2 is 2.00 bits per heavy atom. The van der Waals surface area contributed by atoms with Crippen LogP contribution in [0.15, 0.2) is 42.7 Å². The van der Waals surface area contributed by atoms with Gasteiger partial charge in [-0.15, -0.1) is 0 Å². The van der Waals surface area contributed by atoms with Crippen molar-refractivity contribution >= 4 is 20.4 Å². The molecule has 0 saturated carbocycles. The number of hydrogen-bond donors (Lipinski definition) is 0. The Bertz CT molecular complexity index is 366. The first-order chi connectivity index (χ1) is 5.77. The summed E-state index contributed by atoms with van der Waals surface area (Å²) in [6.45, 7) is 3.73. The van der Waals surface area contributed by atoms with Crippen molar-refractivity contribution in [2.45, 2.75) is 0 Å². The molecule has 0 amide bonds. The third kappa shape index (κ3) is 1.18. The fourth-order valence-electron chi connectivity index (χ4n) is 1.14. The zero-order chi connectivity index (χ0) is 8.55. The molecule has 0 N–H and O–H groups in total. The standard InChI is InChI=1S/C10H7BrO/c1-7-6-9(11)8-4-2-3-5-10(8)12-7/h2-6H,1H2. The van der Waals surface area contributed by atoms with Crippen LogP contribution in [-0.4, -0.2) is 0 Å². The normalized spacial score (nSPS) is 14.8. The van der Waals surface area contributed by atoms with E-state index in [1.54, 1.807) is 0 Å². The number of hydrogen-bond acceptors (Lipinski definition) is 1. The minimum absolute atomic E-state index is 0.667. The van der Waals surface area contributed by atoms with Gasteiger partial charge in [0.05, 0.1) is 0 Å². The second-order valence-corrected chi connectivity index (χ2v) is 3.41. The van der Waals surface area contributed by atoms with Crippen molar-refractivity contribution in [1.82, 2.24) is 0 Å². The van der Waals surface area contributed by atoms with Gasteiger partial charge in [0.25, 0.3) is 0 Å². The van der Waals surface area contributed by atoms with Crippen LogP contribution < -0.4 is 4.74 Å². The maximum Gasteiger partial charge on any atom is 0.135 e. The van der Waals surface area contributed by atoms with E-state index < -0.39 is 0 Å². The highest BCUT2D eigenvalue weighted by Gasteiger charge is 2.12. The van der Waals surface area contributed by atoms with Gasteiger partial charge < -0.3 is 4.74 Å². The molecule has 0 aliphatic carbocycles. The van der Waals surface area contributed by atoms with Crippen molar-refractivity contribution < 1.29 is 4.74 Å². The van der Waals surface area contributed by atoms with Crippen molar-refractivity contribution in [1.29, 1.82) is 0 Å². The number of ether oxygens (including phenoxy) is 1. The van der Waals surface area contributed by atoms with E-state index in [-0.39, 0.29) is 0 Å². The zero-order valence-corrected chi connectivity index (χ0v) is 7.97. The van der Waals surface area contributed by atoms with E-state index in [0.717, 1.165) is 15.8 Å². The molecule has 0 aromatic heterocycles. The molecular weight excluding hydrogens is 216 g/mol. The molecule has 0 fully saturated rings. The quantitative estimate of drug-likeness (QED) is 0.655. The predicted octanol–water partition coefficient (Wildman–Crippen LogP) is 3.33. The highest BCUT2D eigenvalue weighted by Crippen LogP contribution is 2.35. The van der Waals surface area contributed by atoms with Crippen molar-refractivity contribution in [2.75, 3.05) is 0 Å². The lowest BCUT2D eigenvalue weighted by molar-refractivity contribution is 0.442. The Labute approximate surface area is 79.5 Å². The van der Waals surface area contributed by atoms with Crippen molar-refractivity contribution in [3.63, 3.8) is 0 Å². The molecule has 2 heteroatoms. The summed E-state index contributed by atoms with van der Waals surface area (Å²) < 4.78 is 6.42. The van der Waals surface area contributed by atoms with E-state index in [0.29, 0.717) is 5.76 Å². The second kappa shape index (κ2) is 2.79. The molecule has 1 aliphatic rings. The number of fused-ring (bicyclic) bond motifs is 1. The van der Waals surface area contributed by atoms with Gasteiger partial charge in [0.1, 0.15) is 11.5 Å². The monoisotopic (exact) mass is 222 g/mol. The summed E-state index contributed by atoms with van der Waals surface area (Å²) in [5.41, 5.74) is 1.07. The second-order valence-electron chi connectivity index (χ2n) is 2.56. The van der Waals surface area contributed by atoms with Gasteiger partial charge >= 0.3 is 0 Å². The smallest absolute Gasteiger partial charge is 0.135 e. The predicted molar refractivity (Wildman–Crippen MR) is 53.1 cm³/mol. The van der Waals surface area contributed by atoms with E-state index in [2.05, 4.69) is 22.5 Å². The van der Waals surface area contributed by atoms with E-state index in [1.807, 2.05) is 30.3 Å². The lowest BCUT2D eigenvalue weighted by Crippen LogP contribution is -1.98. The van der Waals surface area contributed by atoms with Crippen LogP contribution in [-0.2, 0) is 0 Å². The Hall–Kier alpha value is -1.02. The van der Waals surface area contributed by atoms with Crippen molar-refractivity contribution in [3.05, 3.63) is 48.2 Å². The molecule has 1 aliphatic heterocycles. The summed E-state index contributed by atoms with van der Waals surface area (Å²) in [5, 5.41) is 0. The summed E-state index contributed by atoms with van der Waals surface area (Å²) in [5.74, 6) is 1.53. The van der Waals surface area contributed by atoms with Gasteiger partial charge in [0.15, 0.2) is 0 Å². The molecule has 0 bridgehead atoms. The van der Waals surface area contributed by atoms with E-state index >= 15 is 0 Å². The van der Waals surface area contributed by atoms with Crippen LogP contribution in [0.2, 0.25) is 0 Å². The fourth-order valence-corrected chi connectivity index (χ4v) is 1.73. The Kier molecular flexibility index (Phi) is 1.77. The third-order valence-electron chi connectivity index (χ3n) is 1.67. The van der Waals surface area contributed by atoms with Gasteiger partial charge in [-0.05, 0) is 28.1 Å². The first-order valence-electron chi connectivity index (χ1n) is 3.61. The van der Waals surface area contributed by atoms with Gasteiger partial charge in [0, 0.05) is 10.0 Å². The summed E-state index contributed by atoms with van der Waals surface area (Å²) in [4.78, 5) is 0. The molecule has 0 unspecified atom stereocenters. The molecule has 0 radical (unpaired) electrons. The first-order valence-corrected chi connectivity index (χ1v) is 4.40. The van der Waals surface area contributed by atoms with Gasteiger partial charge in [-0.2, -0.15) is 0 Å². The van der Waals surface area contributed by atoms with Crippen LogP contribution in [0.1, 0.15) is 5.56 Å². The van der Waals surface area contributed by atoms with Gasteiger partial charge in [-0.25, -0.2) is 0 Å². The van der Waals surface area contributed by atoms with Gasteiger partial charge in [0.2, 0.25) is 0 Å². The van der Waals surface area contributed by atoms with Crippen LogP contribution in [0.25, 0.3) is 4.48 Å². The maximum atomic E-state index is 5.40. The van der Waals surface area contributed by atoms with E-state index in [1.165, 1.54) is 0 Å². The molecule has 1 heterocycles. The highest BCUT2D eigenvalue weighted by atomic mass is 79.9. The average molecular weight is 223 g/mol. The molecular formula is C10H7BrO. The molecule has 60 valence electrons. The lowest BCUT2D eigenvalue weighted by Gasteiger charge is -2.15. The van der Waals surface area contributed by atoms with Crippen LogP contribution >= 0.6 is 15.9 Å². The summed E-state index contributed by atoms with van der Waals surface area (Å²) in [6.07, 6.45) is 1.86. The molecule has 1 nitrogen and oxygen atoms in total. The van der Waals surface area contributed by atoms with Crippen LogP contribution in [0.3, 0.4) is 0 Å². The van der Waals surface area contributed by atoms with Gasteiger partial charge in [-0.1, -0.05) is 24.8 Å². The lowest BCUT2D eigenvalue weighted by atomic mass is 10.1. The molecule has 12 heavy (non-hydrogen) atoms. The molecule has 0 saturated heterocycles. The minimum atomic E-state index is 0.667. The first kappa shape index (κ1) is 7.62.